The minimum Gasteiger partial charge on any atom is -0.543 e. The summed E-state index contributed by atoms with van der Waals surface area (Å²) >= 11 is 0. The van der Waals surface area contributed by atoms with E-state index >= 15 is 0 Å². The van der Waals surface area contributed by atoms with Crippen molar-refractivity contribution in [2.45, 2.75) is 40.0 Å². The molecule has 0 radical (unpaired) electrons. The predicted molar refractivity (Wildman–Crippen MR) is 55.5 cm³/mol. The number of allylic oxidation sites excluding steroid dienone is 1. The van der Waals surface area contributed by atoms with Crippen molar-refractivity contribution in [3.05, 3.63) is 11.8 Å². The van der Waals surface area contributed by atoms with Gasteiger partial charge in [-0.1, -0.05) is 26.8 Å². The number of nitrogens with zero attached hydrogens (tertiary/aromatic N) is 1. The van der Waals surface area contributed by atoms with Crippen molar-refractivity contribution in [3.63, 3.8) is 0 Å². The van der Waals surface area contributed by atoms with E-state index < -0.39 is 5.97 Å². The van der Waals surface area contributed by atoms with E-state index in [-0.39, 0.29) is 0 Å². The fraction of sp³-hybridized carbons (Fsp3) is 0.727. The van der Waals surface area contributed by atoms with Crippen LogP contribution in [-0.2, 0) is 4.79 Å². The molecule has 0 saturated heterocycles. The second-order valence-corrected chi connectivity index (χ2v) is 3.27. The maximum atomic E-state index is 10.9. The third kappa shape index (κ3) is 4.30. The summed E-state index contributed by atoms with van der Waals surface area (Å²) in [5, 5.41) is 10.9. The van der Waals surface area contributed by atoms with Crippen molar-refractivity contribution in [2.75, 3.05) is 13.1 Å². The first-order chi connectivity index (χ1) is 6.67. The molecule has 0 spiro atoms. The summed E-state index contributed by atoms with van der Waals surface area (Å²) in [5.41, 5.74) is 0.344. The maximum absolute atomic E-state index is 10.9. The minimum absolute atomic E-state index is 0.344. The Morgan fingerprint density at radius 2 is 1.71 bits per heavy atom. The number of carboxylic acids is 1. The average molecular weight is 198 g/mol. The van der Waals surface area contributed by atoms with Crippen molar-refractivity contribution < 1.29 is 9.90 Å². The third-order valence-corrected chi connectivity index (χ3v) is 1.93. The lowest BCUT2D eigenvalue weighted by Gasteiger charge is -2.27. The van der Waals surface area contributed by atoms with Crippen LogP contribution in [0.3, 0.4) is 0 Å². The first-order valence-electron chi connectivity index (χ1n) is 5.33. The zero-order valence-electron chi connectivity index (χ0n) is 9.38. The normalized spacial score (nSPS) is 11.5. The Labute approximate surface area is 86.4 Å². The quantitative estimate of drug-likeness (QED) is 0.576. The van der Waals surface area contributed by atoms with E-state index in [1.165, 1.54) is 0 Å². The highest BCUT2D eigenvalue weighted by Crippen LogP contribution is 2.06. The fourth-order valence-electron chi connectivity index (χ4n) is 1.43. The molecule has 0 N–H and O–H groups in total. The van der Waals surface area contributed by atoms with Gasteiger partial charge in [0, 0.05) is 13.1 Å². The summed E-state index contributed by atoms with van der Waals surface area (Å²) in [6, 6.07) is 0. The van der Waals surface area contributed by atoms with Crippen LogP contribution in [-0.4, -0.2) is 24.0 Å². The maximum Gasteiger partial charge on any atom is 0.0873 e. The summed E-state index contributed by atoms with van der Waals surface area (Å²) in [6.45, 7) is 7.59. The minimum atomic E-state index is -1.06. The third-order valence-electron chi connectivity index (χ3n) is 1.93. The lowest BCUT2D eigenvalue weighted by Crippen LogP contribution is -2.36. The predicted octanol–water partition coefficient (Wildman–Crippen LogP) is 1.15. The zero-order valence-corrected chi connectivity index (χ0v) is 9.38. The zero-order chi connectivity index (χ0) is 11.0. The highest BCUT2D eigenvalue weighted by molar-refractivity contribution is 5.83. The van der Waals surface area contributed by atoms with Crippen molar-refractivity contribution in [3.8, 4) is 0 Å². The lowest BCUT2D eigenvalue weighted by atomic mass is 10.2. The Hall–Kier alpha value is -0.990. The molecule has 0 aromatic carbocycles. The molecule has 0 aliphatic heterocycles. The number of carboxylic acid groups (broad SMARTS) is 1. The van der Waals surface area contributed by atoms with Crippen molar-refractivity contribution in [1.82, 2.24) is 4.90 Å². The van der Waals surface area contributed by atoms with Crippen LogP contribution in [0, 0.1) is 0 Å². The van der Waals surface area contributed by atoms with Gasteiger partial charge in [0.2, 0.25) is 0 Å². The molecule has 0 aromatic heterocycles. The summed E-state index contributed by atoms with van der Waals surface area (Å²) in [5.74, 6) is -1.06. The van der Waals surface area contributed by atoms with Crippen LogP contribution in [0.25, 0.3) is 0 Å². The number of aliphatic carboxylic acids is 1. The molecular weight excluding hydrogens is 178 g/mol. The van der Waals surface area contributed by atoms with E-state index in [4.69, 9.17) is 0 Å². The van der Waals surface area contributed by atoms with Gasteiger partial charge < -0.3 is 14.8 Å². The van der Waals surface area contributed by atoms with E-state index in [9.17, 15) is 9.90 Å². The molecule has 0 rings (SSSR count). The molecule has 0 aliphatic rings. The molecule has 14 heavy (non-hydrogen) atoms. The van der Waals surface area contributed by atoms with Crippen LogP contribution in [0.1, 0.15) is 40.0 Å². The molecule has 0 aromatic rings. The molecule has 0 fully saturated rings. The second-order valence-electron chi connectivity index (χ2n) is 3.27. The lowest BCUT2D eigenvalue weighted by molar-refractivity contribution is -0.301. The Morgan fingerprint density at radius 1 is 1.21 bits per heavy atom. The van der Waals surface area contributed by atoms with Crippen LogP contribution in [0.2, 0.25) is 0 Å². The van der Waals surface area contributed by atoms with Crippen molar-refractivity contribution >= 4 is 5.97 Å². The van der Waals surface area contributed by atoms with Gasteiger partial charge in [-0.2, -0.15) is 0 Å². The smallest absolute Gasteiger partial charge is 0.0873 e. The molecule has 0 amide bonds. The largest absolute Gasteiger partial charge is 0.543 e. The van der Waals surface area contributed by atoms with Gasteiger partial charge in [0.1, 0.15) is 0 Å². The number of carbonyl (C=O) groups excluding carboxylic acids is 1. The summed E-state index contributed by atoms with van der Waals surface area (Å²) in [4.78, 5) is 12.7. The fourth-order valence-corrected chi connectivity index (χ4v) is 1.43. The van der Waals surface area contributed by atoms with E-state index in [0.717, 1.165) is 32.4 Å². The Kier molecular flexibility index (Phi) is 6.89. The molecule has 3 nitrogen and oxygen atoms in total. The molecule has 0 unspecified atom stereocenters. The summed E-state index contributed by atoms with van der Waals surface area (Å²) in [7, 11) is 0. The highest BCUT2D eigenvalue weighted by Gasteiger charge is 2.07. The number of hydrogen-bond acceptors (Lipinski definition) is 3. The van der Waals surface area contributed by atoms with Crippen LogP contribution in [0.4, 0.5) is 0 Å². The van der Waals surface area contributed by atoms with Crippen LogP contribution >= 0.6 is 0 Å². The highest BCUT2D eigenvalue weighted by atomic mass is 16.4. The molecule has 3 heteroatoms. The Bertz CT molecular complexity index is 193. The molecule has 0 atom stereocenters. The second kappa shape index (κ2) is 7.42. The van der Waals surface area contributed by atoms with Gasteiger partial charge in [-0.05, 0) is 19.3 Å². The molecule has 0 heterocycles. The van der Waals surface area contributed by atoms with Gasteiger partial charge in [-0.25, -0.2) is 0 Å². The van der Waals surface area contributed by atoms with Crippen molar-refractivity contribution in [2.24, 2.45) is 0 Å². The SMILES string of the molecule is CC/C=C(\C(=O)[O-])N(CCC)CCC. The monoisotopic (exact) mass is 198 g/mol. The van der Waals surface area contributed by atoms with E-state index in [2.05, 4.69) is 0 Å². The van der Waals surface area contributed by atoms with Crippen LogP contribution in [0.5, 0.6) is 0 Å². The van der Waals surface area contributed by atoms with Gasteiger partial charge >= 0.3 is 0 Å². The molecule has 0 saturated carbocycles. The molecule has 0 aliphatic carbocycles. The Morgan fingerprint density at radius 3 is 2.00 bits per heavy atom. The first-order valence-corrected chi connectivity index (χ1v) is 5.33. The Balaban J connectivity index is 4.54. The molecular formula is C11H20NO2-. The van der Waals surface area contributed by atoms with Crippen molar-refractivity contribution in [1.29, 1.82) is 0 Å². The van der Waals surface area contributed by atoms with Gasteiger partial charge in [0.25, 0.3) is 0 Å². The van der Waals surface area contributed by atoms with E-state index in [0.29, 0.717) is 5.70 Å². The number of rotatable bonds is 7. The van der Waals surface area contributed by atoms with Gasteiger partial charge in [0.15, 0.2) is 0 Å². The summed E-state index contributed by atoms with van der Waals surface area (Å²) < 4.78 is 0. The van der Waals surface area contributed by atoms with E-state index in [1.54, 1.807) is 6.08 Å². The summed E-state index contributed by atoms with van der Waals surface area (Å²) in [6.07, 6.45) is 4.36. The van der Waals surface area contributed by atoms with Gasteiger partial charge in [0.05, 0.1) is 11.7 Å². The van der Waals surface area contributed by atoms with Gasteiger partial charge in [-0.15, -0.1) is 0 Å². The van der Waals surface area contributed by atoms with Gasteiger partial charge in [-0.3, -0.25) is 0 Å². The molecule has 0 bridgehead atoms. The standard InChI is InChI=1S/C11H21NO2/c1-4-7-10(11(13)14)12(8-5-2)9-6-3/h7H,4-6,8-9H2,1-3H3,(H,13,14)/p-1/b10-7+. The first kappa shape index (κ1) is 13.0. The average Bonchev–Trinajstić information content (AvgIpc) is 2.13. The number of hydrogen-bond donors (Lipinski definition) is 0. The van der Waals surface area contributed by atoms with E-state index in [1.807, 2.05) is 25.7 Å². The molecule has 82 valence electrons. The number of carbonyl (C=O) groups is 1. The van der Waals surface area contributed by atoms with Crippen LogP contribution < -0.4 is 5.11 Å². The topological polar surface area (TPSA) is 43.4 Å². The van der Waals surface area contributed by atoms with Crippen LogP contribution in [0.15, 0.2) is 11.8 Å².